The molecular weight excluding hydrogens is 539 g/mol. The summed E-state index contributed by atoms with van der Waals surface area (Å²) in [6, 6.07) is 18.5. The molecule has 13 heteroatoms. The number of methoxy groups -OCH3 is 1. The molecule has 0 atom stereocenters. The second-order valence-corrected chi connectivity index (χ2v) is 9.18. The van der Waals surface area contributed by atoms with Crippen molar-refractivity contribution >= 4 is 52.8 Å². The third-order valence-electron chi connectivity index (χ3n) is 4.98. The minimum atomic E-state index is -0.542. The van der Waals surface area contributed by atoms with Crippen LogP contribution in [0.1, 0.15) is 5.56 Å². The summed E-state index contributed by atoms with van der Waals surface area (Å²) >= 11 is 13.3. The molecule has 3 aromatic carbocycles. The standard InChI is InChI=1S/C24H18Cl2N6O4S/c1-36-20-9-2-15(3-10-20)23-29-30-24(31(23)18-6-4-17(25)5-7-18)37-14-22(33)28-27-13-16-12-19(32(34)35)8-11-21(16)26/h2-13H,14H2,1H3,(H,28,33)/b27-13+. The summed E-state index contributed by atoms with van der Waals surface area (Å²) in [4.78, 5) is 22.8. The lowest BCUT2D eigenvalue weighted by molar-refractivity contribution is -0.384. The fourth-order valence-electron chi connectivity index (χ4n) is 3.19. The van der Waals surface area contributed by atoms with Crippen LogP contribution in [0.25, 0.3) is 17.1 Å². The number of ether oxygens (including phenoxy) is 1. The van der Waals surface area contributed by atoms with Gasteiger partial charge in [-0.1, -0.05) is 35.0 Å². The Morgan fingerprint density at radius 3 is 2.54 bits per heavy atom. The van der Waals surface area contributed by atoms with Crippen molar-refractivity contribution in [3.05, 3.63) is 92.5 Å². The highest BCUT2D eigenvalue weighted by atomic mass is 35.5. The number of nitro groups is 1. The van der Waals surface area contributed by atoms with Crippen LogP contribution in [0.2, 0.25) is 10.0 Å². The Morgan fingerprint density at radius 2 is 1.86 bits per heavy atom. The van der Waals surface area contributed by atoms with Gasteiger partial charge in [0.05, 0.1) is 24.0 Å². The molecule has 0 aliphatic rings. The van der Waals surface area contributed by atoms with Gasteiger partial charge in [0.25, 0.3) is 11.6 Å². The Hall–Kier alpha value is -3.93. The first kappa shape index (κ1) is 26.1. The van der Waals surface area contributed by atoms with E-state index in [4.69, 9.17) is 27.9 Å². The molecular formula is C24H18Cl2N6O4S. The number of carbonyl (C=O) groups excluding carboxylic acids is 1. The number of aromatic nitrogens is 3. The highest BCUT2D eigenvalue weighted by Gasteiger charge is 2.17. The molecule has 4 aromatic rings. The van der Waals surface area contributed by atoms with E-state index in [0.717, 1.165) is 23.0 Å². The third-order valence-corrected chi connectivity index (χ3v) is 6.51. The first-order chi connectivity index (χ1) is 17.9. The average molecular weight is 557 g/mol. The van der Waals surface area contributed by atoms with E-state index in [0.29, 0.717) is 27.3 Å². The molecule has 0 saturated carbocycles. The van der Waals surface area contributed by atoms with Gasteiger partial charge in [0.2, 0.25) is 0 Å². The number of nitrogens with one attached hydrogen (secondary N) is 1. The number of hydrazone groups is 1. The maximum absolute atomic E-state index is 12.4. The molecule has 0 bridgehead atoms. The van der Waals surface area contributed by atoms with E-state index in [1.807, 2.05) is 41.0 Å². The number of non-ortho nitro benzene ring substituents is 1. The summed E-state index contributed by atoms with van der Waals surface area (Å²) in [5, 5.41) is 24.8. The molecule has 0 radical (unpaired) electrons. The van der Waals surface area contributed by atoms with Gasteiger partial charge in [-0.2, -0.15) is 5.10 Å². The number of hydrogen-bond donors (Lipinski definition) is 1. The molecule has 0 unspecified atom stereocenters. The number of thioether (sulfide) groups is 1. The molecule has 0 spiro atoms. The van der Waals surface area contributed by atoms with Crippen molar-refractivity contribution in [2.24, 2.45) is 5.10 Å². The maximum atomic E-state index is 12.4. The lowest BCUT2D eigenvalue weighted by Crippen LogP contribution is -2.20. The molecule has 37 heavy (non-hydrogen) atoms. The van der Waals surface area contributed by atoms with Crippen molar-refractivity contribution in [3.8, 4) is 22.8 Å². The van der Waals surface area contributed by atoms with Gasteiger partial charge in [-0.05, 0) is 54.6 Å². The Labute approximate surface area is 225 Å². The quantitative estimate of drug-likeness (QED) is 0.126. The van der Waals surface area contributed by atoms with E-state index in [1.54, 1.807) is 19.2 Å². The third kappa shape index (κ3) is 6.45. The summed E-state index contributed by atoms with van der Waals surface area (Å²) in [5.74, 6) is 0.846. The van der Waals surface area contributed by atoms with Crippen LogP contribution in [-0.2, 0) is 4.79 Å². The van der Waals surface area contributed by atoms with Gasteiger partial charge in [-0.25, -0.2) is 5.43 Å². The van der Waals surface area contributed by atoms with Crippen LogP contribution >= 0.6 is 35.0 Å². The number of carbonyl (C=O) groups is 1. The summed E-state index contributed by atoms with van der Waals surface area (Å²) in [7, 11) is 1.59. The smallest absolute Gasteiger partial charge is 0.270 e. The Kier molecular flexibility index (Phi) is 8.39. The molecule has 4 rings (SSSR count). The molecule has 1 aromatic heterocycles. The zero-order valence-electron chi connectivity index (χ0n) is 19.2. The van der Waals surface area contributed by atoms with Gasteiger partial charge < -0.3 is 4.74 Å². The zero-order valence-corrected chi connectivity index (χ0v) is 21.5. The number of halogens is 2. The molecule has 0 saturated heterocycles. The van der Waals surface area contributed by atoms with Crippen molar-refractivity contribution in [2.75, 3.05) is 12.9 Å². The molecule has 0 fully saturated rings. The molecule has 1 amide bonds. The van der Waals surface area contributed by atoms with E-state index in [2.05, 4.69) is 20.7 Å². The second kappa shape index (κ2) is 11.9. The maximum Gasteiger partial charge on any atom is 0.270 e. The number of nitro benzene ring substituents is 1. The fraction of sp³-hybridized carbons (Fsp3) is 0.0833. The summed E-state index contributed by atoms with van der Waals surface area (Å²) < 4.78 is 7.05. The van der Waals surface area contributed by atoms with Gasteiger partial charge in [-0.15, -0.1) is 10.2 Å². The van der Waals surface area contributed by atoms with Crippen LogP contribution in [0.3, 0.4) is 0 Å². The molecule has 1 N–H and O–H groups in total. The summed E-state index contributed by atoms with van der Waals surface area (Å²) in [6.45, 7) is 0. The monoisotopic (exact) mass is 556 g/mol. The second-order valence-electron chi connectivity index (χ2n) is 7.39. The Balaban J connectivity index is 1.51. The molecule has 188 valence electrons. The van der Waals surface area contributed by atoms with E-state index < -0.39 is 10.8 Å². The minimum absolute atomic E-state index is 0.0195. The normalized spacial score (nSPS) is 11.0. The summed E-state index contributed by atoms with van der Waals surface area (Å²) in [6.07, 6.45) is 1.25. The van der Waals surface area contributed by atoms with E-state index in [9.17, 15) is 14.9 Å². The van der Waals surface area contributed by atoms with Gasteiger partial charge in [0.1, 0.15) is 5.75 Å². The first-order valence-electron chi connectivity index (χ1n) is 10.6. The number of benzene rings is 3. The molecule has 10 nitrogen and oxygen atoms in total. The highest BCUT2D eigenvalue weighted by Crippen LogP contribution is 2.29. The predicted molar refractivity (Wildman–Crippen MR) is 143 cm³/mol. The molecule has 1 heterocycles. The Morgan fingerprint density at radius 1 is 1.14 bits per heavy atom. The zero-order chi connectivity index (χ0) is 26.4. The van der Waals surface area contributed by atoms with E-state index >= 15 is 0 Å². The van der Waals surface area contributed by atoms with Crippen LogP contribution in [0, 0.1) is 10.1 Å². The number of amides is 1. The van der Waals surface area contributed by atoms with E-state index in [-0.39, 0.29) is 16.5 Å². The lowest BCUT2D eigenvalue weighted by atomic mass is 10.2. The molecule has 0 aliphatic heterocycles. The van der Waals surface area contributed by atoms with Crippen molar-refractivity contribution in [3.63, 3.8) is 0 Å². The topological polar surface area (TPSA) is 125 Å². The number of hydrogen-bond acceptors (Lipinski definition) is 8. The van der Waals surface area contributed by atoms with Crippen LogP contribution in [-0.4, -0.2) is 44.7 Å². The van der Waals surface area contributed by atoms with E-state index in [1.165, 1.54) is 24.4 Å². The van der Waals surface area contributed by atoms with Crippen LogP contribution in [0.5, 0.6) is 5.75 Å². The minimum Gasteiger partial charge on any atom is -0.497 e. The highest BCUT2D eigenvalue weighted by molar-refractivity contribution is 7.99. The fourth-order valence-corrected chi connectivity index (χ4v) is 4.23. The van der Waals surface area contributed by atoms with Crippen LogP contribution < -0.4 is 10.2 Å². The Bertz CT molecular complexity index is 1460. The van der Waals surface area contributed by atoms with Crippen molar-refractivity contribution in [1.29, 1.82) is 0 Å². The van der Waals surface area contributed by atoms with Crippen molar-refractivity contribution < 1.29 is 14.5 Å². The van der Waals surface area contributed by atoms with Gasteiger partial charge >= 0.3 is 0 Å². The van der Waals surface area contributed by atoms with Gasteiger partial charge in [0, 0.05) is 39.0 Å². The van der Waals surface area contributed by atoms with Crippen molar-refractivity contribution in [2.45, 2.75) is 5.16 Å². The van der Waals surface area contributed by atoms with Crippen molar-refractivity contribution in [1.82, 2.24) is 20.2 Å². The van der Waals surface area contributed by atoms with Gasteiger partial charge in [0.15, 0.2) is 11.0 Å². The summed E-state index contributed by atoms with van der Waals surface area (Å²) in [5.41, 5.74) is 4.12. The van der Waals surface area contributed by atoms with Gasteiger partial charge in [-0.3, -0.25) is 19.5 Å². The average Bonchev–Trinajstić information content (AvgIpc) is 3.33. The van der Waals surface area contributed by atoms with Crippen LogP contribution in [0.15, 0.2) is 77.0 Å². The lowest BCUT2D eigenvalue weighted by Gasteiger charge is -2.11. The SMILES string of the molecule is COc1ccc(-c2nnc(SCC(=O)N/N=C/c3cc([N+](=O)[O-])ccc3Cl)n2-c2ccc(Cl)cc2)cc1. The number of rotatable bonds is 9. The molecule has 0 aliphatic carbocycles. The first-order valence-corrected chi connectivity index (χ1v) is 12.3. The van der Waals surface area contributed by atoms with Crippen LogP contribution in [0.4, 0.5) is 5.69 Å². The largest absolute Gasteiger partial charge is 0.497 e. The number of nitrogens with zero attached hydrogens (tertiary/aromatic N) is 5. The predicted octanol–water partition coefficient (Wildman–Crippen LogP) is 5.40.